The van der Waals surface area contributed by atoms with Gasteiger partial charge in [-0.05, 0) is 37.1 Å². The summed E-state index contributed by atoms with van der Waals surface area (Å²) in [5, 5.41) is 5.59. The highest BCUT2D eigenvalue weighted by molar-refractivity contribution is 7.92. The van der Waals surface area contributed by atoms with Gasteiger partial charge < -0.3 is 10.6 Å². The third-order valence-corrected chi connectivity index (χ3v) is 6.32. The highest BCUT2D eigenvalue weighted by Gasteiger charge is 2.24. The largest absolute Gasteiger partial charge is 0.349 e. The van der Waals surface area contributed by atoms with E-state index in [0.29, 0.717) is 9.87 Å². The summed E-state index contributed by atoms with van der Waals surface area (Å²) in [6.45, 7) is -0.627. The second-order valence-corrected chi connectivity index (χ2v) is 9.53. The molecular formula is C22H26FN3O4S. The minimum Gasteiger partial charge on any atom is -0.349 e. The zero-order chi connectivity index (χ0) is 22.4. The predicted octanol–water partition coefficient (Wildman–Crippen LogP) is 3.29. The third kappa shape index (κ3) is 6.04. The summed E-state index contributed by atoms with van der Waals surface area (Å²) in [4.78, 5) is 25.4. The van der Waals surface area contributed by atoms with E-state index in [4.69, 9.17) is 0 Å². The van der Waals surface area contributed by atoms with E-state index in [0.717, 1.165) is 44.4 Å². The normalized spacial score (nSPS) is 14.6. The average molecular weight is 448 g/mol. The molecule has 0 spiro atoms. The van der Waals surface area contributed by atoms with E-state index in [1.165, 1.54) is 18.2 Å². The molecule has 2 N–H and O–H groups in total. The highest BCUT2D eigenvalue weighted by atomic mass is 32.2. The van der Waals surface area contributed by atoms with Crippen molar-refractivity contribution in [3.05, 3.63) is 59.9 Å². The summed E-state index contributed by atoms with van der Waals surface area (Å²) in [6.07, 6.45) is 6.05. The van der Waals surface area contributed by atoms with Gasteiger partial charge in [0, 0.05) is 6.04 Å². The van der Waals surface area contributed by atoms with Crippen LogP contribution in [0.2, 0.25) is 0 Å². The molecule has 7 nitrogen and oxygen atoms in total. The van der Waals surface area contributed by atoms with Crippen LogP contribution in [0.4, 0.5) is 15.8 Å². The minimum atomic E-state index is -3.92. The molecule has 3 rings (SSSR count). The fraction of sp³-hybridized carbons (Fsp3) is 0.364. The number of benzene rings is 2. The topological polar surface area (TPSA) is 95.6 Å². The van der Waals surface area contributed by atoms with Crippen LogP contribution in [-0.4, -0.2) is 39.1 Å². The molecule has 0 aliphatic heterocycles. The van der Waals surface area contributed by atoms with Crippen molar-refractivity contribution in [2.75, 3.05) is 22.4 Å². The van der Waals surface area contributed by atoms with Gasteiger partial charge in [0.05, 0.1) is 23.2 Å². The molecule has 166 valence electrons. The molecule has 0 atom stereocenters. The van der Waals surface area contributed by atoms with Gasteiger partial charge in [0.1, 0.15) is 12.4 Å². The number of amides is 2. The van der Waals surface area contributed by atoms with Gasteiger partial charge in [-0.25, -0.2) is 12.8 Å². The number of halogens is 1. The lowest BCUT2D eigenvalue weighted by molar-refractivity contribution is -0.114. The molecule has 0 saturated heterocycles. The van der Waals surface area contributed by atoms with E-state index in [2.05, 4.69) is 10.6 Å². The van der Waals surface area contributed by atoms with Crippen molar-refractivity contribution >= 4 is 33.2 Å². The Labute approximate surface area is 181 Å². The summed E-state index contributed by atoms with van der Waals surface area (Å²) < 4.78 is 39.2. The van der Waals surface area contributed by atoms with Crippen LogP contribution < -0.4 is 14.9 Å². The van der Waals surface area contributed by atoms with E-state index >= 15 is 0 Å². The van der Waals surface area contributed by atoms with Crippen LogP contribution in [0.3, 0.4) is 0 Å². The first kappa shape index (κ1) is 22.7. The number of para-hydroxylation sites is 2. The molecule has 9 heteroatoms. The number of sulfonamides is 1. The summed E-state index contributed by atoms with van der Waals surface area (Å²) in [5.41, 5.74) is 0.337. The first-order chi connectivity index (χ1) is 14.8. The SMILES string of the molecule is CS(=O)(=O)N(CC(=O)Nc1ccccc1C(=O)NC1CCCCC1)c1ccccc1F. The van der Waals surface area contributed by atoms with Crippen molar-refractivity contribution in [1.82, 2.24) is 5.32 Å². The molecule has 0 heterocycles. The number of hydrogen-bond donors (Lipinski definition) is 2. The lowest BCUT2D eigenvalue weighted by atomic mass is 9.95. The monoisotopic (exact) mass is 447 g/mol. The van der Waals surface area contributed by atoms with Crippen molar-refractivity contribution in [3.8, 4) is 0 Å². The number of carbonyl (C=O) groups excluding carboxylic acids is 2. The second-order valence-electron chi connectivity index (χ2n) is 7.62. The Kier molecular flexibility index (Phi) is 7.27. The van der Waals surface area contributed by atoms with Gasteiger partial charge in [0.25, 0.3) is 5.91 Å². The maximum atomic E-state index is 14.1. The molecule has 1 aliphatic carbocycles. The summed E-state index contributed by atoms with van der Waals surface area (Å²) >= 11 is 0. The zero-order valence-electron chi connectivity index (χ0n) is 17.3. The van der Waals surface area contributed by atoms with Crippen molar-refractivity contribution in [2.45, 2.75) is 38.1 Å². The fourth-order valence-electron chi connectivity index (χ4n) is 3.66. The number of rotatable bonds is 7. The van der Waals surface area contributed by atoms with E-state index in [9.17, 15) is 22.4 Å². The highest BCUT2D eigenvalue weighted by Crippen LogP contribution is 2.23. The number of anilines is 2. The molecule has 1 saturated carbocycles. The fourth-order valence-corrected chi connectivity index (χ4v) is 4.51. The Morgan fingerprint density at radius 2 is 1.68 bits per heavy atom. The molecule has 0 radical (unpaired) electrons. The average Bonchev–Trinajstić information content (AvgIpc) is 2.73. The molecule has 2 aromatic carbocycles. The van der Waals surface area contributed by atoms with Gasteiger partial charge >= 0.3 is 0 Å². The van der Waals surface area contributed by atoms with Crippen LogP contribution in [0, 0.1) is 5.82 Å². The molecule has 31 heavy (non-hydrogen) atoms. The molecule has 0 aromatic heterocycles. The van der Waals surface area contributed by atoms with Gasteiger partial charge in [-0.15, -0.1) is 0 Å². The summed E-state index contributed by atoms with van der Waals surface area (Å²) in [5.74, 6) is -1.74. The van der Waals surface area contributed by atoms with Gasteiger partial charge in [0.15, 0.2) is 0 Å². The molecule has 2 aromatic rings. The number of nitrogens with zero attached hydrogens (tertiary/aromatic N) is 1. The Balaban J connectivity index is 1.75. The van der Waals surface area contributed by atoms with Crippen LogP contribution >= 0.6 is 0 Å². The molecular weight excluding hydrogens is 421 g/mol. The van der Waals surface area contributed by atoms with Crippen LogP contribution in [0.5, 0.6) is 0 Å². The maximum Gasteiger partial charge on any atom is 0.253 e. The van der Waals surface area contributed by atoms with Crippen molar-refractivity contribution in [3.63, 3.8) is 0 Å². The molecule has 2 amide bonds. The Morgan fingerprint density at radius 1 is 1.03 bits per heavy atom. The van der Waals surface area contributed by atoms with E-state index in [1.807, 2.05) is 0 Å². The number of nitrogens with one attached hydrogen (secondary N) is 2. The molecule has 0 bridgehead atoms. The molecule has 1 aliphatic rings. The van der Waals surface area contributed by atoms with Crippen LogP contribution in [0.1, 0.15) is 42.5 Å². The minimum absolute atomic E-state index is 0.104. The predicted molar refractivity (Wildman–Crippen MR) is 118 cm³/mol. The van der Waals surface area contributed by atoms with Crippen molar-refractivity contribution in [2.24, 2.45) is 0 Å². The van der Waals surface area contributed by atoms with Gasteiger partial charge in [0.2, 0.25) is 15.9 Å². The number of carbonyl (C=O) groups is 2. The summed E-state index contributed by atoms with van der Waals surface area (Å²) in [6, 6.07) is 11.9. The van der Waals surface area contributed by atoms with Gasteiger partial charge in [-0.1, -0.05) is 43.5 Å². The van der Waals surface area contributed by atoms with Crippen LogP contribution in [0.25, 0.3) is 0 Å². The lowest BCUT2D eigenvalue weighted by Crippen LogP contribution is -2.39. The molecule has 1 fully saturated rings. The van der Waals surface area contributed by atoms with E-state index < -0.39 is 28.3 Å². The molecule has 0 unspecified atom stereocenters. The van der Waals surface area contributed by atoms with Crippen molar-refractivity contribution < 1.29 is 22.4 Å². The van der Waals surface area contributed by atoms with Crippen LogP contribution in [-0.2, 0) is 14.8 Å². The maximum absolute atomic E-state index is 14.1. The first-order valence-corrected chi connectivity index (χ1v) is 12.0. The Hall–Kier alpha value is -2.94. The Bertz CT molecular complexity index is 1050. The van der Waals surface area contributed by atoms with Gasteiger partial charge in [-0.3, -0.25) is 13.9 Å². The first-order valence-electron chi connectivity index (χ1n) is 10.2. The standard InChI is InChI=1S/C22H26FN3O4S/c1-31(29,30)26(20-14-8-6-12-18(20)23)15-21(27)25-19-13-7-5-11-17(19)22(28)24-16-9-3-2-4-10-16/h5-8,11-14,16H,2-4,9-10,15H2,1H3,(H,24,28)(H,25,27). The van der Waals surface area contributed by atoms with E-state index in [1.54, 1.807) is 24.3 Å². The zero-order valence-corrected chi connectivity index (χ0v) is 18.1. The third-order valence-electron chi connectivity index (χ3n) is 5.19. The Morgan fingerprint density at radius 3 is 2.35 bits per heavy atom. The summed E-state index contributed by atoms with van der Waals surface area (Å²) in [7, 11) is -3.92. The van der Waals surface area contributed by atoms with E-state index in [-0.39, 0.29) is 23.3 Å². The lowest BCUT2D eigenvalue weighted by Gasteiger charge is -2.24. The quantitative estimate of drug-likeness (QED) is 0.681. The smallest absolute Gasteiger partial charge is 0.253 e. The second kappa shape index (κ2) is 9.91. The van der Waals surface area contributed by atoms with Crippen LogP contribution in [0.15, 0.2) is 48.5 Å². The van der Waals surface area contributed by atoms with Gasteiger partial charge in [-0.2, -0.15) is 0 Å². The van der Waals surface area contributed by atoms with Crippen molar-refractivity contribution in [1.29, 1.82) is 0 Å². The number of hydrogen-bond acceptors (Lipinski definition) is 4.